The van der Waals surface area contributed by atoms with Crippen molar-refractivity contribution in [2.75, 3.05) is 33.8 Å². The highest BCUT2D eigenvalue weighted by Crippen LogP contribution is 2.60. The van der Waals surface area contributed by atoms with E-state index in [1.54, 1.807) is 16.7 Å². The molecule has 0 unspecified atom stereocenters. The average molecular weight is 512 g/mol. The van der Waals surface area contributed by atoms with Gasteiger partial charge < -0.3 is 19.7 Å². The van der Waals surface area contributed by atoms with E-state index in [2.05, 4.69) is 18.1 Å². The Hall–Kier alpha value is -2.57. The van der Waals surface area contributed by atoms with Gasteiger partial charge in [-0.15, -0.1) is 0 Å². The van der Waals surface area contributed by atoms with Crippen molar-refractivity contribution in [2.24, 2.45) is 22.4 Å². The summed E-state index contributed by atoms with van der Waals surface area (Å²) in [7, 11) is 3.66. The van der Waals surface area contributed by atoms with E-state index in [-0.39, 0.29) is 23.8 Å². The van der Waals surface area contributed by atoms with Crippen LogP contribution in [0.15, 0.2) is 23.4 Å². The first-order valence-electron chi connectivity index (χ1n) is 14.2. The summed E-state index contributed by atoms with van der Waals surface area (Å²) >= 11 is 0. The fourth-order valence-corrected chi connectivity index (χ4v) is 7.12. The van der Waals surface area contributed by atoms with Crippen molar-refractivity contribution >= 4 is 17.5 Å². The molecule has 204 valence electrons. The van der Waals surface area contributed by atoms with E-state index >= 15 is 0 Å². The quantitative estimate of drug-likeness (QED) is 0.349. The van der Waals surface area contributed by atoms with E-state index in [1.807, 2.05) is 26.2 Å². The minimum absolute atomic E-state index is 0.00687. The highest BCUT2D eigenvalue weighted by atomic mass is 16.6. The van der Waals surface area contributed by atoms with Crippen molar-refractivity contribution in [1.82, 2.24) is 9.80 Å². The lowest BCUT2D eigenvalue weighted by atomic mass is 9.55. The van der Waals surface area contributed by atoms with Crippen LogP contribution in [0.3, 0.4) is 0 Å². The van der Waals surface area contributed by atoms with Crippen LogP contribution in [-0.4, -0.2) is 66.2 Å². The fraction of sp³-hybridized carbons (Fsp3) is 0.700. The number of phenolic OH excluding ortho intramolecular Hbond substituents is 1. The van der Waals surface area contributed by atoms with E-state index in [0.717, 1.165) is 70.0 Å². The number of phenols is 1. The van der Waals surface area contributed by atoms with Gasteiger partial charge in [0, 0.05) is 39.5 Å². The molecule has 3 aliphatic carbocycles. The van der Waals surface area contributed by atoms with Crippen molar-refractivity contribution in [3.8, 4) is 5.75 Å². The zero-order valence-electron chi connectivity index (χ0n) is 23.2. The number of oxime groups is 1. The van der Waals surface area contributed by atoms with Gasteiger partial charge in [0.25, 0.3) is 5.91 Å². The van der Waals surface area contributed by atoms with Gasteiger partial charge in [-0.05, 0) is 92.4 Å². The van der Waals surface area contributed by atoms with Gasteiger partial charge in [-0.2, -0.15) is 0 Å². The van der Waals surface area contributed by atoms with E-state index in [4.69, 9.17) is 4.84 Å². The second-order valence-corrected chi connectivity index (χ2v) is 11.8. The van der Waals surface area contributed by atoms with Gasteiger partial charge in [0.15, 0.2) is 6.61 Å². The third-order valence-electron chi connectivity index (χ3n) is 9.51. The van der Waals surface area contributed by atoms with Gasteiger partial charge in [0.05, 0.1) is 5.71 Å². The van der Waals surface area contributed by atoms with Gasteiger partial charge in [0.2, 0.25) is 5.91 Å². The Morgan fingerprint density at radius 2 is 1.78 bits per heavy atom. The summed E-state index contributed by atoms with van der Waals surface area (Å²) in [6.45, 7) is 5.44. The summed E-state index contributed by atoms with van der Waals surface area (Å²) in [6, 6.07) is 5.94. The minimum Gasteiger partial charge on any atom is -0.508 e. The van der Waals surface area contributed by atoms with Gasteiger partial charge in [0.1, 0.15) is 5.75 Å². The van der Waals surface area contributed by atoms with Crippen LogP contribution in [0.25, 0.3) is 0 Å². The molecule has 0 bridgehead atoms. The number of likely N-dealkylation sites (N-methyl/N-ethyl adjacent to an activating group) is 1. The van der Waals surface area contributed by atoms with E-state index in [9.17, 15) is 14.7 Å². The molecule has 37 heavy (non-hydrogen) atoms. The maximum atomic E-state index is 12.6. The molecule has 1 aromatic rings. The minimum atomic E-state index is -0.0313. The number of hydrogen-bond donors (Lipinski definition) is 1. The van der Waals surface area contributed by atoms with Crippen LogP contribution in [0.5, 0.6) is 5.75 Å². The van der Waals surface area contributed by atoms with Crippen LogP contribution >= 0.6 is 0 Å². The zero-order valence-corrected chi connectivity index (χ0v) is 23.2. The molecule has 0 aromatic heterocycles. The molecule has 4 rings (SSSR count). The number of fused-ring (bicyclic) bond motifs is 5. The molecular weight excluding hydrogens is 466 g/mol. The largest absolute Gasteiger partial charge is 0.508 e. The summed E-state index contributed by atoms with van der Waals surface area (Å²) in [5.41, 5.74) is 3.96. The molecular formula is C30H45N3O4. The van der Waals surface area contributed by atoms with Crippen LogP contribution in [0.1, 0.15) is 88.7 Å². The third-order valence-corrected chi connectivity index (χ3v) is 9.51. The molecule has 2 saturated carbocycles. The Kier molecular flexibility index (Phi) is 8.81. The molecule has 0 heterocycles. The predicted octanol–water partition coefficient (Wildman–Crippen LogP) is 5.12. The monoisotopic (exact) mass is 511 g/mol. The second-order valence-electron chi connectivity index (χ2n) is 11.8. The molecule has 3 aliphatic rings. The summed E-state index contributed by atoms with van der Waals surface area (Å²) in [4.78, 5) is 32.9. The smallest absolute Gasteiger partial charge is 0.263 e. The van der Waals surface area contributed by atoms with Gasteiger partial charge >= 0.3 is 0 Å². The number of nitrogens with zero attached hydrogens (tertiary/aromatic N) is 3. The summed E-state index contributed by atoms with van der Waals surface area (Å²) < 4.78 is 0. The lowest BCUT2D eigenvalue weighted by molar-refractivity contribution is -0.135. The maximum Gasteiger partial charge on any atom is 0.263 e. The Bertz CT molecular complexity index is 1010. The number of benzene rings is 1. The number of carbonyl (C=O) groups excluding carboxylic acids is 2. The van der Waals surface area contributed by atoms with Crippen LogP contribution in [0.2, 0.25) is 0 Å². The number of amides is 2. The topological polar surface area (TPSA) is 82.4 Å². The SMILES string of the molecule is CC(=O)N(C)CCCCCCN(C)C(=O)CO/N=C1\CC[C@H]2[C@@H]3CCc4cc(O)ccc4[C@H]3CC[C@]12C. The van der Waals surface area contributed by atoms with Gasteiger partial charge in [-0.1, -0.05) is 31.0 Å². The Morgan fingerprint density at radius 3 is 2.51 bits per heavy atom. The van der Waals surface area contributed by atoms with E-state index in [0.29, 0.717) is 30.0 Å². The first-order chi connectivity index (χ1) is 17.7. The summed E-state index contributed by atoms with van der Waals surface area (Å²) in [5.74, 6) is 2.28. The number of aromatic hydroxyl groups is 1. The molecule has 1 N–H and O–H groups in total. The second kappa shape index (κ2) is 11.9. The molecule has 4 atom stereocenters. The lowest BCUT2D eigenvalue weighted by Crippen LogP contribution is -2.42. The average Bonchev–Trinajstić information content (AvgIpc) is 3.21. The Balaban J connectivity index is 1.22. The molecule has 0 radical (unpaired) electrons. The first kappa shape index (κ1) is 27.5. The highest BCUT2D eigenvalue weighted by Gasteiger charge is 2.53. The van der Waals surface area contributed by atoms with Crippen LogP contribution < -0.4 is 0 Å². The van der Waals surface area contributed by atoms with Crippen molar-refractivity contribution in [3.05, 3.63) is 29.3 Å². The third kappa shape index (κ3) is 6.12. The van der Waals surface area contributed by atoms with Crippen molar-refractivity contribution in [1.29, 1.82) is 0 Å². The van der Waals surface area contributed by atoms with Crippen molar-refractivity contribution in [2.45, 2.75) is 84.0 Å². The zero-order chi connectivity index (χ0) is 26.6. The number of rotatable bonds is 10. The number of hydrogen-bond acceptors (Lipinski definition) is 5. The van der Waals surface area contributed by atoms with Crippen LogP contribution in [0, 0.1) is 17.3 Å². The van der Waals surface area contributed by atoms with Crippen molar-refractivity contribution < 1.29 is 19.5 Å². The van der Waals surface area contributed by atoms with Crippen molar-refractivity contribution in [3.63, 3.8) is 0 Å². The Morgan fingerprint density at radius 1 is 1.05 bits per heavy atom. The van der Waals surface area contributed by atoms with E-state index < -0.39 is 0 Å². The van der Waals surface area contributed by atoms with Crippen LogP contribution in [-0.2, 0) is 20.8 Å². The summed E-state index contributed by atoms with van der Waals surface area (Å²) in [5, 5.41) is 14.5. The molecule has 0 aliphatic heterocycles. The number of aryl methyl sites for hydroxylation is 1. The highest BCUT2D eigenvalue weighted by molar-refractivity contribution is 5.92. The molecule has 2 amide bonds. The molecule has 7 heteroatoms. The number of unbranched alkanes of at least 4 members (excludes halogenated alkanes) is 3. The summed E-state index contributed by atoms with van der Waals surface area (Å²) in [6.07, 6.45) is 10.6. The lowest BCUT2D eigenvalue weighted by Gasteiger charge is -2.49. The fourth-order valence-electron chi connectivity index (χ4n) is 7.12. The molecule has 0 saturated heterocycles. The van der Waals surface area contributed by atoms with Crippen LogP contribution in [0.4, 0.5) is 0 Å². The van der Waals surface area contributed by atoms with Gasteiger partial charge in [-0.3, -0.25) is 9.59 Å². The molecule has 7 nitrogen and oxygen atoms in total. The molecule has 1 aromatic carbocycles. The maximum absolute atomic E-state index is 12.6. The predicted molar refractivity (Wildman–Crippen MR) is 146 cm³/mol. The van der Waals surface area contributed by atoms with E-state index in [1.165, 1.54) is 17.5 Å². The van der Waals surface area contributed by atoms with Gasteiger partial charge in [-0.25, -0.2) is 0 Å². The number of carbonyl (C=O) groups is 2. The molecule has 2 fully saturated rings. The standard InChI is InChI=1S/C30H45N3O4/c1-21(34)32(3)17-7-5-6-8-18-33(4)29(36)20-37-31-28-14-13-27-26-11-9-22-19-23(35)10-12-24(22)25(26)15-16-30(27,28)2/h10,12,19,25-27,35H,5-9,11,13-18,20H2,1-4H3/b31-28+/t25-,26-,27+,30+/m1/s1. The Labute approximate surface area is 222 Å². The molecule has 0 spiro atoms. The first-order valence-corrected chi connectivity index (χ1v) is 14.2. The normalized spacial score (nSPS) is 27.2.